The van der Waals surface area contributed by atoms with Crippen molar-refractivity contribution < 1.29 is 8.42 Å². The standard InChI is InChI=1S/C17H22N4O2S.HI/c1-3-20-24(22,23)16-10-6-14(7-11-16)12-19-17(18)21-15-8-4-13(2)5-9-15;/h4-11,20H,3,12H2,1-2H3,(H3,18,19,21);1H. The Morgan fingerprint density at radius 3 is 2.24 bits per heavy atom. The van der Waals surface area contributed by atoms with Crippen molar-refractivity contribution in [3.8, 4) is 0 Å². The summed E-state index contributed by atoms with van der Waals surface area (Å²) in [6.07, 6.45) is 0. The lowest BCUT2D eigenvalue weighted by atomic mass is 10.2. The van der Waals surface area contributed by atoms with E-state index in [0.717, 1.165) is 11.3 Å². The number of nitrogens with one attached hydrogen (secondary N) is 2. The fourth-order valence-electron chi connectivity index (χ4n) is 2.05. The molecule has 4 N–H and O–H groups in total. The number of aliphatic imine (C=N–C) groups is 1. The maximum Gasteiger partial charge on any atom is 0.240 e. The summed E-state index contributed by atoms with van der Waals surface area (Å²) in [5.41, 5.74) is 8.78. The van der Waals surface area contributed by atoms with Crippen molar-refractivity contribution in [2.24, 2.45) is 10.7 Å². The number of rotatable bonds is 6. The van der Waals surface area contributed by atoms with Gasteiger partial charge in [-0.1, -0.05) is 36.8 Å². The molecule has 2 aromatic rings. The highest BCUT2D eigenvalue weighted by Gasteiger charge is 2.11. The molecule has 0 saturated heterocycles. The molecule has 0 amide bonds. The first-order valence-corrected chi connectivity index (χ1v) is 9.11. The molecular weight excluding hydrogens is 451 g/mol. The van der Waals surface area contributed by atoms with Crippen molar-refractivity contribution in [2.75, 3.05) is 11.9 Å². The quantitative estimate of drug-likeness (QED) is 0.341. The minimum atomic E-state index is -3.43. The molecule has 0 aliphatic heterocycles. The summed E-state index contributed by atoms with van der Waals surface area (Å²) in [5, 5.41) is 3.01. The van der Waals surface area contributed by atoms with Gasteiger partial charge in [-0.05, 0) is 36.8 Å². The molecule has 0 saturated carbocycles. The van der Waals surface area contributed by atoms with Gasteiger partial charge in [0.05, 0.1) is 11.4 Å². The molecule has 0 radical (unpaired) electrons. The monoisotopic (exact) mass is 474 g/mol. The molecule has 0 heterocycles. The molecule has 136 valence electrons. The molecule has 0 atom stereocenters. The van der Waals surface area contributed by atoms with Gasteiger partial charge in [0.1, 0.15) is 0 Å². The van der Waals surface area contributed by atoms with Crippen LogP contribution in [0.1, 0.15) is 18.1 Å². The Bertz CT molecular complexity index is 804. The normalized spacial score (nSPS) is 11.7. The van der Waals surface area contributed by atoms with E-state index in [1.165, 1.54) is 5.56 Å². The third kappa shape index (κ3) is 6.63. The van der Waals surface area contributed by atoms with Crippen LogP contribution in [0.15, 0.2) is 58.4 Å². The zero-order valence-electron chi connectivity index (χ0n) is 14.2. The van der Waals surface area contributed by atoms with Crippen LogP contribution in [-0.4, -0.2) is 20.9 Å². The van der Waals surface area contributed by atoms with Gasteiger partial charge < -0.3 is 11.1 Å². The lowest BCUT2D eigenvalue weighted by molar-refractivity contribution is 0.584. The smallest absolute Gasteiger partial charge is 0.240 e. The minimum Gasteiger partial charge on any atom is -0.370 e. The molecule has 25 heavy (non-hydrogen) atoms. The van der Waals surface area contributed by atoms with Gasteiger partial charge >= 0.3 is 0 Å². The van der Waals surface area contributed by atoms with Gasteiger partial charge in [0, 0.05) is 12.2 Å². The molecule has 8 heteroatoms. The summed E-state index contributed by atoms with van der Waals surface area (Å²) in [6.45, 7) is 4.48. The predicted molar refractivity (Wildman–Crippen MR) is 113 cm³/mol. The highest BCUT2D eigenvalue weighted by Crippen LogP contribution is 2.12. The Balaban J connectivity index is 0.00000312. The summed E-state index contributed by atoms with van der Waals surface area (Å²) in [6, 6.07) is 14.4. The van der Waals surface area contributed by atoms with Crippen molar-refractivity contribution >= 4 is 45.6 Å². The average molecular weight is 474 g/mol. The van der Waals surface area contributed by atoms with Crippen LogP contribution in [0, 0.1) is 6.92 Å². The first-order chi connectivity index (χ1) is 11.4. The van der Waals surface area contributed by atoms with Gasteiger partial charge in [-0.25, -0.2) is 18.1 Å². The second-order valence-corrected chi connectivity index (χ2v) is 7.10. The van der Waals surface area contributed by atoms with Crippen LogP contribution >= 0.6 is 24.0 Å². The van der Waals surface area contributed by atoms with Crippen LogP contribution in [0.4, 0.5) is 5.69 Å². The number of nitrogens with two attached hydrogens (primary N) is 1. The molecule has 0 aliphatic rings. The Labute approximate surface area is 166 Å². The highest BCUT2D eigenvalue weighted by atomic mass is 127. The number of halogens is 1. The molecule has 0 unspecified atom stereocenters. The zero-order valence-corrected chi connectivity index (χ0v) is 17.3. The number of benzene rings is 2. The number of aryl methyl sites for hydroxylation is 1. The van der Waals surface area contributed by atoms with Crippen molar-refractivity contribution in [1.29, 1.82) is 0 Å². The number of guanidine groups is 1. The van der Waals surface area contributed by atoms with Gasteiger partial charge in [0.2, 0.25) is 10.0 Å². The zero-order chi connectivity index (χ0) is 17.6. The van der Waals surface area contributed by atoms with Crippen molar-refractivity contribution in [2.45, 2.75) is 25.3 Å². The van der Waals surface area contributed by atoms with Gasteiger partial charge in [0.25, 0.3) is 0 Å². The lowest BCUT2D eigenvalue weighted by Crippen LogP contribution is -2.23. The lowest BCUT2D eigenvalue weighted by Gasteiger charge is -2.07. The Morgan fingerprint density at radius 1 is 1.08 bits per heavy atom. The fraction of sp³-hybridized carbons (Fsp3) is 0.235. The maximum atomic E-state index is 11.9. The molecule has 2 aromatic carbocycles. The summed E-state index contributed by atoms with van der Waals surface area (Å²) < 4.78 is 26.2. The third-order valence-corrected chi connectivity index (χ3v) is 4.89. The summed E-state index contributed by atoms with van der Waals surface area (Å²) in [4.78, 5) is 4.50. The van der Waals surface area contributed by atoms with Gasteiger partial charge in [0.15, 0.2) is 5.96 Å². The minimum absolute atomic E-state index is 0. The van der Waals surface area contributed by atoms with Gasteiger partial charge in [-0.3, -0.25) is 0 Å². The van der Waals surface area contributed by atoms with E-state index in [2.05, 4.69) is 15.0 Å². The van der Waals surface area contributed by atoms with Crippen LogP contribution in [0.5, 0.6) is 0 Å². The highest BCUT2D eigenvalue weighted by molar-refractivity contribution is 14.0. The third-order valence-electron chi connectivity index (χ3n) is 3.32. The van der Waals surface area contributed by atoms with E-state index in [1.807, 2.05) is 31.2 Å². The molecule has 0 bridgehead atoms. The summed E-state index contributed by atoms with van der Waals surface area (Å²) in [5.74, 6) is 0.309. The van der Waals surface area contributed by atoms with Crippen LogP contribution < -0.4 is 15.8 Å². The van der Waals surface area contributed by atoms with E-state index in [-0.39, 0.29) is 28.9 Å². The molecule has 6 nitrogen and oxygen atoms in total. The van der Waals surface area contributed by atoms with E-state index in [0.29, 0.717) is 19.0 Å². The molecule has 2 rings (SSSR count). The van der Waals surface area contributed by atoms with E-state index in [4.69, 9.17) is 5.73 Å². The number of sulfonamides is 1. The van der Waals surface area contributed by atoms with Crippen LogP contribution in [0.3, 0.4) is 0 Å². The largest absolute Gasteiger partial charge is 0.370 e. The van der Waals surface area contributed by atoms with Gasteiger partial charge in [-0.15, -0.1) is 24.0 Å². The molecule has 0 fully saturated rings. The van der Waals surface area contributed by atoms with Crippen LogP contribution in [0.2, 0.25) is 0 Å². The number of anilines is 1. The predicted octanol–water partition coefficient (Wildman–Crippen LogP) is 2.84. The first-order valence-electron chi connectivity index (χ1n) is 7.63. The van der Waals surface area contributed by atoms with E-state index in [1.54, 1.807) is 31.2 Å². The van der Waals surface area contributed by atoms with Gasteiger partial charge in [-0.2, -0.15) is 0 Å². The first kappa shape index (κ1) is 21.4. The number of hydrogen-bond donors (Lipinski definition) is 3. The Kier molecular flexibility index (Phi) is 8.33. The SMILES string of the molecule is CCNS(=O)(=O)c1ccc(CN=C(N)Nc2ccc(C)cc2)cc1.I. The fourth-order valence-corrected chi connectivity index (χ4v) is 3.09. The summed E-state index contributed by atoms with van der Waals surface area (Å²) in [7, 11) is -3.43. The van der Waals surface area contributed by atoms with Crippen molar-refractivity contribution in [1.82, 2.24) is 4.72 Å². The second-order valence-electron chi connectivity index (χ2n) is 5.34. The second kappa shape index (κ2) is 9.73. The molecule has 0 spiro atoms. The van der Waals surface area contributed by atoms with E-state index >= 15 is 0 Å². The summed E-state index contributed by atoms with van der Waals surface area (Å²) >= 11 is 0. The van der Waals surface area contributed by atoms with Crippen molar-refractivity contribution in [3.63, 3.8) is 0 Å². The Hall–Kier alpha value is -1.65. The topological polar surface area (TPSA) is 96.6 Å². The number of hydrogen-bond acceptors (Lipinski definition) is 3. The average Bonchev–Trinajstić information content (AvgIpc) is 2.55. The molecular formula is C17H23IN4O2S. The number of nitrogens with zero attached hydrogens (tertiary/aromatic N) is 1. The van der Waals surface area contributed by atoms with Crippen LogP contribution in [-0.2, 0) is 16.6 Å². The van der Waals surface area contributed by atoms with E-state index in [9.17, 15) is 8.42 Å². The van der Waals surface area contributed by atoms with Crippen LogP contribution in [0.25, 0.3) is 0 Å². The maximum absolute atomic E-state index is 11.9. The Morgan fingerprint density at radius 2 is 1.68 bits per heavy atom. The van der Waals surface area contributed by atoms with Crippen molar-refractivity contribution in [3.05, 3.63) is 59.7 Å². The molecule has 0 aliphatic carbocycles. The molecule has 0 aromatic heterocycles. The van der Waals surface area contributed by atoms with E-state index < -0.39 is 10.0 Å².